The quantitative estimate of drug-likeness (QED) is 0.323. The van der Waals surface area contributed by atoms with E-state index in [-0.39, 0.29) is 12.0 Å². The molecule has 1 amide bonds. The van der Waals surface area contributed by atoms with E-state index in [0.717, 1.165) is 36.4 Å². The molecule has 0 spiro atoms. The fraction of sp³-hybridized carbons (Fsp3) is 0.435. The highest BCUT2D eigenvalue weighted by atomic mass is 16.5. The third kappa shape index (κ3) is 7.25. The highest BCUT2D eigenvalue weighted by molar-refractivity contribution is 5.93. The number of hydrogen-bond acceptors (Lipinski definition) is 5. The molecule has 1 fully saturated rings. The molecule has 0 bridgehead atoms. The molecule has 3 N–H and O–H groups in total. The van der Waals surface area contributed by atoms with Gasteiger partial charge >= 0.3 is 0 Å². The summed E-state index contributed by atoms with van der Waals surface area (Å²) in [7, 11) is 0. The predicted molar refractivity (Wildman–Crippen MR) is 120 cm³/mol. The van der Waals surface area contributed by atoms with E-state index in [1.165, 1.54) is 0 Å². The Kier molecular flexibility index (Phi) is 8.66. The first kappa shape index (κ1) is 22.6. The number of pyridine rings is 1. The van der Waals surface area contributed by atoms with Crippen LogP contribution in [0.1, 0.15) is 34.8 Å². The van der Waals surface area contributed by atoms with E-state index in [0.29, 0.717) is 37.8 Å². The lowest BCUT2D eigenvalue weighted by Crippen LogP contribution is -2.41. The molecule has 0 saturated carbocycles. The monoisotopic (exact) mass is 425 g/mol. The number of aliphatic imine (C=N–C) groups is 1. The number of ether oxygens (including phenoxy) is 2. The van der Waals surface area contributed by atoms with Gasteiger partial charge in [0.2, 0.25) is 0 Å². The van der Waals surface area contributed by atoms with Gasteiger partial charge in [0, 0.05) is 44.0 Å². The summed E-state index contributed by atoms with van der Waals surface area (Å²) in [6.45, 7) is 7.69. The molecule has 8 nitrogen and oxygen atoms in total. The Balaban J connectivity index is 1.53. The van der Waals surface area contributed by atoms with Crippen LogP contribution in [0.15, 0.2) is 47.7 Å². The van der Waals surface area contributed by atoms with Crippen molar-refractivity contribution in [1.29, 1.82) is 0 Å². The van der Waals surface area contributed by atoms with E-state index in [9.17, 15) is 4.79 Å². The third-order valence-electron chi connectivity index (χ3n) is 4.78. The topological polar surface area (TPSA) is 96.9 Å². The molecule has 3 rings (SSSR count). The van der Waals surface area contributed by atoms with Gasteiger partial charge in [0.25, 0.3) is 5.91 Å². The van der Waals surface area contributed by atoms with Gasteiger partial charge in [0.05, 0.1) is 25.3 Å². The Labute approximate surface area is 183 Å². The number of nitrogens with one attached hydrogen (secondary N) is 3. The van der Waals surface area contributed by atoms with E-state index >= 15 is 0 Å². The van der Waals surface area contributed by atoms with Crippen molar-refractivity contribution in [3.05, 3.63) is 59.4 Å². The maximum Gasteiger partial charge on any atom is 0.252 e. The first-order valence-electron chi connectivity index (χ1n) is 10.7. The molecule has 2 aromatic rings. The number of aromatic nitrogens is 1. The highest BCUT2D eigenvalue weighted by Gasteiger charge is 2.18. The molecule has 166 valence electrons. The molecule has 0 radical (unpaired) electrons. The van der Waals surface area contributed by atoms with Crippen LogP contribution < -0.4 is 20.7 Å². The summed E-state index contributed by atoms with van der Waals surface area (Å²) in [5.41, 5.74) is 2.72. The minimum absolute atomic E-state index is 0.0966. The molecule has 1 aliphatic heterocycles. The van der Waals surface area contributed by atoms with Crippen LogP contribution in [0.5, 0.6) is 5.75 Å². The van der Waals surface area contributed by atoms with Gasteiger partial charge in [-0.15, -0.1) is 0 Å². The second-order valence-electron chi connectivity index (χ2n) is 7.33. The van der Waals surface area contributed by atoms with Crippen LogP contribution in [0.3, 0.4) is 0 Å². The number of nitrogens with zero attached hydrogens (tertiary/aromatic N) is 2. The number of benzene rings is 1. The van der Waals surface area contributed by atoms with Crippen molar-refractivity contribution in [1.82, 2.24) is 20.9 Å². The SMILES string of the molecule is CCNC(=NCc1ccc(C)cc1OC1CCOC1)NCCNC(=O)c1cccnc1. The molecule has 1 aliphatic rings. The van der Waals surface area contributed by atoms with E-state index < -0.39 is 0 Å². The van der Waals surface area contributed by atoms with Crippen molar-refractivity contribution < 1.29 is 14.3 Å². The van der Waals surface area contributed by atoms with Crippen LogP contribution in [0.2, 0.25) is 0 Å². The summed E-state index contributed by atoms with van der Waals surface area (Å²) in [5, 5.41) is 9.35. The summed E-state index contributed by atoms with van der Waals surface area (Å²) in [6.07, 6.45) is 4.20. The van der Waals surface area contributed by atoms with Gasteiger partial charge in [-0.1, -0.05) is 12.1 Å². The molecule has 1 aromatic heterocycles. The molecule has 8 heteroatoms. The van der Waals surface area contributed by atoms with Crippen LogP contribution in [0.4, 0.5) is 0 Å². The lowest BCUT2D eigenvalue weighted by atomic mass is 10.1. The Morgan fingerprint density at radius 3 is 2.87 bits per heavy atom. The zero-order valence-corrected chi connectivity index (χ0v) is 18.2. The minimum Gasteiger partial charge on any atom is -0.488 e. The molecular formula is C23H31N5O3. The highest BCUT2D eigenvalue weighted by Crippen LogP contribution is 2.24. The minimum atomic E-state index is -0.144. The zero-order chi connectivity index (χ0) is 21.9. The van der Waals surface area contributed by atoms with Crippen LogP contribution in [0.25, 0.3) is 0 Å². The Bertz CT molecular complexity index is 867. The van der Waals surface area contributed by atoms with Crippen molar-refractivity contribution in [3.63, 3.8) is 0 Å². The standard InChI is InChI=1S/C23H31N5O3/c1-3-25-23(27-11-10-26-22(29)19-5-4-9-24-14-19)28-15-18-7-6-17(2)13-21(18)31-20-8-12-30-16-20/h4-7,9,13-14,20H,3,8,10-12,15-16H2,1-2H3,(H,26,29)(H2,25,27,28). The lowest BCUT2D eigenvalue weighted by molar-refractivity contribution is 0.0954. The molecule has 0 aliphatic carbocycles. The summed E-state index contributed by atoms with van der Waals surface area (Å²) in [4.78, 5) is 20.7. The largest absolute Gasteiger partial charge is 0.488 e. The van der Waals surface area contributed by atoms with Crippen molar-refractivity contribution in [2.45, 2.75) is 32.9 Å². The van der Waals surface area contributed by atoms with Crippen LogP contribution in [0, 0.1) is 6.92 Å². The number of amides is 1. The van der Waals surface area contributed by atoms with Gasteiger partial charge < -0.3 is 25.4 Å². The molecule has 1 aromatic carbocycles. The van der Waals surface area contributed by atoms with Gasteiger partial charge in [0.1, 0.15) is 11.9 Å². The number of aryl methyl sites for hydroxylation is 1. The maximum absolute atomic E-state index is 12.1. The predicted octanol–water partition coefficient (Wildman–Crippen LogP) is 2.04. The number of carbonyl (C=O) groups is 1. The number of rotatable bonds is 9. The third-order valence-corrected chi connectivity index (χ3v) is 4.78. The molecular weight excluding hydrogens is 394 g/mol. The molecule has 1 saturated heterocycles. The van der Waals surface area contributed by atoms with Crippen molar-refractivity contribution in [2.75, 3.05) is 32.8 Å². The Morgan fingerprint density at radius 2 is 2.13 bits per heavy atom. The Hall–Kier alpha value is -3.13. The van der Waals surface area contributed by atoms with Gasteiger partial charge in [-0.05, 0) is 37.6 Å². The fourth-order valence-corrected chi connectivity index (χ4v) is 3.15. The summed E-state index contributed by atoms with van der Waals surface area (Å²) < 4.78 is 11.6. The normalized spacial score (nSPS) is 16.1. The van der Waals surface area contributed by atoms with Gasteiger partial charge in [-0.3, -0.25) is 9.78 Å². The van der Waals surface area contributed by atoms with Crippen molar-refractivity contribution in [2.24, 2.45) is 4.99 Å². The van der Waals surface area contributed by atoms with Gasteiger partial charge in [-0.25, -0.2) is 4.99 Å². The van der Waals surface area contributed by atoms with Gasteiger partial charge in [0.15, 0.2) is 5.96 Å². The van der Waals surface area contributed by atoms with Crippen molar-refractivity contribution >= 4 is 11.9 Å². The van der Waals surface area contributed by atoms with Gasteiger partial charge in [-0.2, -0.15) is 0 Å². The van der Waals surface area contributed by atoms with Crippen LogP contribution in [-0.4, -0.2) is 55.8 Å². The molecule has 31 heavy (non-hydrogen) atoms. The fourth-order valence-electron chi connectivity index (χ4n) is 3.15. The molecule has 1 atom stereocenters. The first-order chi connectivity index (χ1) is 15.2. The van der Waals surface area contributed by atoms with Crippen LogP contribution in [-0.2, 0) is 11.3 Å². The van der Waals surface area contributed by atoms with E-state index in [2.05, 4.69) is 51.0 Å². The van der Waals surface area contributed by atoms with E-state index in [4.69, 9.17) is 9.47 Å². The second-order valence-corrected chi connectivity index (χ2v) is 7.33. The summed E-state index contributed by atoms with van der Waals surface area (Å²) in [6, 6.07) is 9.66. The first-order valence-corrected chi connectivity index (χ1v) is 10.7. The number of hydrogen-bond donors (Lipinski definition) is 3. The Morgan fingerprint density at radius 1 is 1.26 bits per heavy atom. The second kappa shape index (κ2) is 11.9. The summed E-state index contributed by atoms with van der Waals surface area (Å²) >= 11 is 0. The lowest BCUT2D eigenvalue weighted by Gasteiger charge is -2.16. The van der Waals surface area contributed by atoms with Crippen LogP contribution >= 0.6 is 0 Å². The zero-order valence-electron chi connectivity index (χ0n) is 18.2. The van der Waals surface area contributed by atoms with Crippen molar-refractivity contribution in [3.8, 4) is 5.75 Å². The average Bonchev–Trinajstić information content (AvgIpc) is 3.29. The smallest absolute Gasteiger partial charge is 0.252 e. The number of carbonyl (C=O) groups excluding carboxylic acids is 1. The van der Waals surface area contributed by atoms with E-state index in [1.54, 1.807) is 24.5 Å². The van der Waals surface area contributed by atoms with E-state index in [1.807, 2.05) is 6.92 Å². The maximum atomic E-state index is 12.1. The molecule has 1 unspecified atom stereocenters. The number of guanidine groups is 1. The average molecular weight is 426 g/mol. The summed E-state index contributed by atoms with van der Waals surface area (Å²) in [5.74, 6) is 1.40. The molecule has 2 heterocycles.